The second kappa shape index (κ2) is 4.82. The van der Waals surface area contributed by atoms with E-state index in [9.17, 15) is 0 Å². The molecule has 0 aromatic carbocycles. The average Bonchev–Trinajstić information content (AvgIpc) is 2.92. The number of rotatable bonds is 2. The van der Waals surface area contributed by atoms with Gasteiger partial charge in [-0.1, -0.05) is 0 Å². The Labute approximate surface area is 130 Å². The van der Waals surface area contributed by atoms with Gasteiger partial charge in [0.2, 0.25) is 0 Å². The standard InChI is InChI=1S/C15H21BN4O2/c1-14(2)15(3,4)22-16(21-14)11-6-12(13(17)18-8-11)10-7-19-20(5)9-10/h6-9H,1-5H3,(H2,17,18). The molecule has 7 heteroatoms. The molecule has 1 saturated heterocycles. The number of hydrogen-bond acceptors (Lipinski definition) is 5. The number of anilines is 1. The molecule has 0 unspecified atom stereocenters. The number of aromatic nitrogens is 3. The Balaban J connectivity index is 1.97. The SMILES string of the molecule is Cn1cc(-c2cc(B3OC(C)(C)C(C)(C)O3)cnc2N)cn1. The summed E-state index contributed by atoms with van der Waals surface area (Å²) in [5.41, 5.74) is 7.85. The topological polar surface area (TPSA) is 75.2 Å². The lowest BCUT2D eigenvalue weighted by atomic mass is 9.79. The number of nitrogens with zero attached hydrogens (tertiary/aromatic N) is 3. The van der Waals surface area contributed by atoms with Crippen LogP contribution in [-0.4, -0.2) is 33.1 Å². The third kappa shape index (κ3) is 2.40. The maximum Gasteiger partial charge on any atom is 0.496 e. The Morgan fingerprint density at radius 2 is 1.77 bits per heavy atom. The van der Waals surface area contributed by atoms with Crippen LogP contribution in [0.4, 0.5) is 5.82 Å². The van der Waals surface area contributed by atoms with Gasteiger partial charge in [0.25, 0.3) is 0 Å². The molecule has 2 aromatic heterocycles. The molecule has 1 aliphatic heterocycles. The fourth-order valence-corrected chi connectivity index (χ4v) is 2.39. The van der Waals surface area contributed by atoms with Crippen LogP contribution in [-0.2, 0) is 16.4 Å². The lowest BCUT2D eigenvalue weighted by Gasteiger charge is -2.32. The zero-order valence-electron chi connectivity index (χ0n) is 13.6. The number of nitrogens with two attached hydrogens (primary N) is 1. The Morgan fingerprint density at radius 3 is 2.32 bits per heavy atom. The van der Waals surface area contributed by atoms with Crippen LogP contribution >= 0.6 is 0 Å². The maximum atomic E-state index is 6.06. The molecule has 3 rings (SSSR count). The van der Waals surface area contributed by atoms with Crippen molar-refractivity contribution in [3.8, 4) is 11.1 Å². The highest BCUT2D eigenvalue weighted by Crippen LogP contribution is 2.36. The first-order valence-corrected chi connectivity index (χ1v) is 7.30. The van der Waals surface area contributed by atoms with Gasteiger partial charge >= 0.3 is 7.12 Å². The Kier molecular flexibility index (Phi) is 3.30. The maximum absolute atomic E-state index is 6.06. The average molecular weight is 300 g/mol. The summed E-state index contributed by atoms with van der Waals surface area (Å²) in [5.74, 6) is 0.466. The molecule has 22 heavy (non-hydrogen) atoms. The van der Waals surface area contributed by atoms with Crippen LogP contribution in [0, 0.1) is 0 Å². The minimum Gasteiger partial charge on any atom is -0.399 e. The van der Waals surface area contributed by atoms with Crippen LogP contribution < -0.4 is 11.2 Å². The molecule has 0 aliphatic carbocycles. The van der Waals surface area contributed by atoms with Crippen molar-refractivity contribution in [3.05, 3.63) is 24.7 Å². The van der Waals surface area contributed by atoms with Crippen molar-refractivity contribution in [1.29, 1.82) is 0 Å². The Bertz CT molecular complexity index is 695. The monoisotopic (exact) mass is 300 g/mol. The summed E-state index contributed by atoms with van der Waals surface area (Å²) in [6.07, 6.45) is 5.38. The third-order valence-corrected chi connectivity index (χ3v) is 4.48. The lowest BCUT2D eigenvalue weighted by molar-refractivity contribution is 0.00578. The fourth-order valence-electron chi connectivity index (χ4n) is 2.39. The molecule has 3 heterocycles. The summed E-state index contributed by atoms with van der Waals surface area (Å²) >= 11 is 0. The van der Waals surface area contributed by atoms with Gasteiger partial charge in [0, 0.05) is 36.0 Å². The van der Waals surface area contributed by atoms with Gasteiger partial charge in [0.05, 0.1) is 17.4 Å². The zero-order chi connectivity index (χ0) is 16.1. The molecule has 1 aliphatic rings. The summed E-state index contributed by atoms with van der Waals surface area (Å²) in [7, 11) is 1.42. The predicted octanol–water partition coefficient (Wildman–Crippen LogP) is 1.36. The smallest absolute Gasteiger partial charge is 0.399 e. The van der Waals surface area contributed by atoms with Gasteiger partial charge in [0.15, 0.2) is 0 Å². The largest absolute Gasteiger partial charge is 0.496 e. The van der Waals surface area contributed by atoms with Crippen LogP contribution in [0.3, 0.4) is 0 Å². The van der Waals surface area contributed by atoms with Gasteiger partial charge in [-0.25, -0.2) is 4.98 Å². The molecule has 0 amide bonds. The van der Waals surface area contributed by atoms with Crippen molar-refractivity contribution >= 4 is 18.4 Å². The highest BCUT2D eigenvalue weighted by Gasteiger charge is 2.51. The number of hydrogen-bond donors (Lipinski definition) is 1. The summed E-state index contributed by atoms with van der Waals surface area (Å²) < 4.78 is 13.9. The molecule has 1 fully saturated rings. The van der Waals surface area contributed by atoms with E-state index in [1.54, 1.807) is 17.1 Å². The second-order valence-corrected chi connectivity index (χ2v) is 6.69. The molecule has 116 valence electrons. The van der Waals surface area contributed by atoms with Crippen molar-refractivity contribution < 1.29 is 9.31 Å². The van der Waals surface area contributed by atoms with Gasteiger partial charge in [-0.05, 0) is 33.8 Å². The number of aryl methyl sites for hydroxylation is 1. The molecule has 0 bridgehead atoms. The van der Waals surface area contributed by atoms with Crippen molar-refractivity contribution in [2.45, 2.75) is 38.9 Å². The van der Waals surface area contributed by atoms with Crippen LogP contribution in [0.2, 0.25) is 0 Å². The first-order valence-electron chi connectivity index (χ1n) is 7.30. The van der Waals surface area contributed by atoms with Gasteiger partial charge < -0.3 is 15.0 Å². The van der Waals surface area contributed by atoms with E-state index < -0.39 is 7.12 Å². The van der Waals surface area contributed by atoms with E-state index in [0.717, 1.165) is 16.6 Å². The summed E-state index contributed by atoms with van der Waals surface area (Å²) in [4.78, 5) is 4.29. The van der Waals surface area contributed by atoms with E-state index >= 15 is 0 Å². The van der Waals surface area contributed by atoms with E-state index in [0.29, 0.717) is 5.82 Å². The van der Waals surface area contributed by atoms with Crippen molar-refractivity contribution in [1.82, 2.24) is 14.8 Å². The van der Waals surface area contributed by atoms with E-state index in [2.05, 4.69) is 10.1 Å². The highest BCUT2D eigenvalue weighted by molar-refractivity contribution is 6.62. The van der Waals surface area contributed by atoms with Crippen LogP contribution in [0.5, 0.6) is 0 Å². The van der Waals surface area contributed by atoms with E-state index in [4.69, 9.17) is 15.0 Å². The molecule has 0 saturated carbocycles. The number of pyridine rings is 1. The molecular weight excluding hydrogens is 279 g/mol. The van der Waals surface area contributed by atoms with Crippen LogP contribution in [0.15, 0.2) is 24.7 Å². The van der Waals surface area contributed by atoms with Crippen molar-refractivity contribution in [2.75, 3.05) is 5.73 Å². The number of nitrogen functional groups attached to an aromatic ring is 1. The second-order valence-electron chi connectivity index (χ2n) is 6.69. The van der Waals surface area contributed by atoms with E-state index in [1.807, 2.05) is 47.0 Å². The first-order chi connectivity index (χ1) is 10.2. The van der Waals surface area contributed by atoms with Gasteiger partial charge in [-0.2, -0.15) is 5.10 Å². The molecule has 0 spiro atoms. The Hall–Kier alpha value is -1.86. The van der Waals surface area contributed by atoms with Crippen LogP contribution in [0.1, 0.15) is 27.7 Å². The molecule has 2 aromatic rings. The summed E-state index contributed by atoms with van der Waals surface area (Å²) in [6, 6.07) is 1.96. The predicted molar refractivity (Wildman–Crippen MR) is 86.6 cm³/mol. The molecule has 6 nitrogen and oxygen atoms in total. The first kappa shape index (κ1) is 15.1. The summed E-state index contributed by atoms with van der Waals surface area (Å²) in [6.45, 7) is 8.11. The fraction of sp³-hybridized carbons (Fsp3) is 0.467. The Morgan fingerprint density at radius 1 is 1.14 bits per heavy atom. The quantitative estimate of drug-likeness (QED) is 0.848. The molecule has 0 atom stereocenters. The lowest BCUT2D eigenvalue weighted by Crippen LogP contribution is -2.41. The summed E-state index contributed by atoms with van der Waals surface area (Å²) in [5, 5.41) is 4.18. The van der Waals surface area contributed by atoms with Gasteiger partial charge in [-0.15, -0.1) is 0 Å². The normalized spacial score (nSPS) is 19.6. The van der Waals surface area contributed by atoms with Crippen LogP contribution in [0.25, 0.3) is 11.1 Å². The third-order valence-electron chi connectivity index (χ3n) is 4.48. The molecular formula is C15H21BN4O2. The zero-order valence-corrected chi connectivity index (χ0v) is 13.6. The minimum atomic E-state index is -0.450. The molecule has 2 N–H and O–H groups in total. The van der Waals surface area contributed by atoms with E-state index in [-0.39, 0.29) is 11.2 Å². The van der Waals surface area contributed by atoms with Gasteiger partial charge in [0.1, 0.15) is 5.82 Å². The van der Waals surface area contributed by atoms with Crippen molar-refractivity contribution in [3.63, 3.8) is 0 Å². The van der Waals surface area contributed by atoms with E-state index in [1.165, 1.54) is 0 Å². The minimum absolute atomic E-state index is 0.381. The highest BCUT2D eigenvalue weighted by atomic mass is 16.7. The molecule has 0 radical (unpaired) electrons. The van der Waals surface area contributed by atoms with Crippen molar-refractivity contribution in [2.24, 2.45) is 7.05 Å². The van der Waals surface area contributed by atoms with Gasteiger partial charge in [-0.3, -0.25) is 4.68 Å².